The van der Waals surface area contributed by atoms with Crippen molar-refractivity contribution in [3.05, 3.63) is 69.7 Å². The van der Waals surface area contributed by atoms with E-state index in [0.717, 1.165) is 42.6 Å². The van der Waals surface area contributed by atoms with Gasteiger partial charge in [0, 0.05) is 17.8 Å². The van der Waals surface area contributed by atoms with Crippen LogP contribution in [0.4, 0.5) is 16.2 Å². The zero-order chi connectivity index (χ0) is 30.5. The van der Waals surface area contributed by atoms with Gasteiger partial charge < -0.3 is 24.8 Å². The minimum Gasteiger partial charge on any atom is -0.479 e. The summed E-state index contributed by atoms with van der Waals surface area (Å²) >= 11 is 4.39. The molecule has 0 spiro atoms. The minimum absolute atomic E-state index is 0.0477. The second-order valence-electron chi connectivity index (χ2n) is 10.3. The van der Waals surface area contributed by atoms with Gasteiger partial charge in [-0.25, -0.2) is 14.4 Å². The van der Waals surface area contributed by atoms with Crippen molar-refractivity contribution >= 4 is 56.6 Å². The molecule has 224 valence electrons. The van der Waals surface area contributed by atoms with Crippen LogP contribution in [0.2, 0.25) is 0 Å². The van der Waals surface area contributed by atoms with Crippen molar-refractivity contribution in [2.45, 2.75) is 39.0 Å². The first-order chi connectivity index (χ1) is 20.7. The maximum atomic E-state index is 14.0. The number of nitrogens with one attached hydrogen (secondary N) is 1. The number of aliphatic carboxylic acids is 1. The number of aryl methyl sites for hydroxylation is 1. The molecular weight excluding hydrogens is 638 g/mol. The Hall–Kier alpha value is -4.16. The van der Waals surface area contributed by atoms with Gasteiger partial charge in [0.15, 0.2) is 23.0 Å². The third-order valence-corrected chi connectivity index (χ3v) is 9.54. The van der Waals surface area contributed by atoms with Crippen LogP contribution in [0.25, 0.3) is 21.7 Å². The highest BCUT2D eigenvalue weighted by Crippen LogP contribution is 2.46. The van der Waals surface area contributed by atoms with Crippen LogP contribution in [0.5, 0.6) is 5.75 Å². The second-order valence-corrected chi connectivity index (χ2v) is 12.1. The summed E-state index contributed by atoms with van der Waals surface area (Å²) in [5.41, 5.74) is 3.12. The molecule has 0 bridgehead atoms. The first kappa shape index (κ1) is 30.3. The summed E-state index contributed by atoms with van der Waals surface area (Å²) in [7, 11) is 0. The lowest BCUT2D eigenvalue weighted by atomic mass is 9.89. The molecule has 0 radical (unpaired) electrons. The lowest BCUT2D eigenvalue weighted by molar-refractivity contribution is -0.139. The Morgan fingerprint density at radius 3 is 2.49 bits per heavy atom. The molecule has 1 aliphatic rings. The van der Waals surface area contributed by atoms with Crippen molar-refractivity contribution < 1.29 is 33.9 Å². The van der Waals surface area contributed by atoms with E-state index in [2.05, 4.69) is 26.4 Å². The average molecular weight is 669 g/mol. The molecule has 1 saturated carbocycles. The fourth-order valence-electron chi connectivity index (χ4n) is 5.22. The molecule has 0 saturated heterocycles. The Labute approximate surface area is 260 Å². The van der Waals surface area contributed by atoms with Crippen molar-refractivity contribution in [3.63, 3.8) is 0 Å². The number of amides is 2. The molecule has 3 N–H and O–H groups in total. The molecule has 2 amide bonds. The SMILES string of the molecule is Cc1onc(-c2ccccc2)c1NC(=O)N(CC1CCCCC1)c1cccc(-c2sc(C(=O)O)c(OCC(=O)O)c2Br)c1. The number of nitrogens with zero attached hydrogens (tertiary/aromatic N) is 2. The number of aromatic carboxylic acids is 1. The number of halogens is 1. The highest BCUT2D eigenvalue weighted by atomic mass is 79.9. The highest BCUT2D eigenvalue weighted by Gasteiger charge is 2.28. The predicted molar refractivity (Wildman–Crippen MR) is 167 cm³/mol. The molecule has 0 atom stereocenters. The average Bonchev–Trinajstić information content (AvgIpc) is 3.54. The minimum atomic E-state index is -1.23. The summed E-state index contributed by atoms with van der Waals surface area (Å²) in [5, 5.41) is 26.0. The van der Waals surface area contributed by atoms with Crippen molar-refractivity contribution in [3.8, 4) is 27.4 Å². The number of carboxylic acids is 2. The maximum Gasteiger partial charge on any atom is 0.349 e. The zero-order valence-corrected chi connectivity index (χ0v) is 25.7. The first-order valence-corrected chi connectivity index (χ1v) is 15.4. The van der Waals surface area contributed by atoms with Crippen LogP contribution < -0.4 is 15.0 Å². The van der Waals surface area contributed by atoms with Crippen LogP contribution in [0.1, 0.15) is 47.5 Å². The molecule has 43 heavy (non-hydrogen) atoms. The summed E-state index contributed by atoms with van der Waals surface area (Å²) < 4.78 is 11.1. The van der Waals surface area contributed by atoms with E-state index < -0.39 is 18.5 Å². The number of carboxylic acid groups (broad SMARTS) is 2. The summed E-state index contributed by atoms with van der Waals surface area (Å²) in [4.78, 5) is 39.2. The normalized spacial score (nSPS) is 13.4. The number of urea groups is 1. The Balaban J connectivity index is 1.50. The van der Waals surface area contributed by atoms with Crippen molar-refractivity contribution in [1.82, 2.24) is 5.16 Å². The van der Waals surface area contributed by atoms with Crippen LogP contribution >= 0.6 is 27.3 Å². The maximum absolute atomic E-state index is 14.0. The zero-order valence-electron chi connectivity index (χ0n) is 23.3. The Bertz CT molecular complexity index is 1630. The summed E-state index contributed by atoms with van der Waals surface area (Å²) in [6.45, 7) is 1.57. The van der Waals surface area contributed by atoms with E-state index in [1.165, 1.54) is 6.42 Å². The van der Waals surface area contributed by atoms with E-state index in [1.807, 2.05) is 42.5 Å². The van der Waals surface area contributed by atoms with Gasteiger partial charge in [-0.15, -0.1) is 11.3 Å². The van der Waals surface area contributed by atoms with Gasteiger partial charge in [-0.1, -0.05) is 66.9 Å². The van der Waals surface area contributed by atoms with Gasteiger partial charge in [-0.3, -0.25) is 4.90 Å². The van der Waals surface area contributed by atoms with Gasteiger partial charge in [0.05, 0.1) is 9.35 Å². The predicted octanol–water partition coefficient (Wildman–Crippen LogP) is 7.92. The molecule has 2 aromatic heterocycles. The fraction of sp³-hybridized carbons (Fsp3) is 0.290. The molecule has 1 fully saturated rings. The molecule has 0 unspecified atom stereocenters. The molecule has 5 rings (SSSR count). The largest absolute Gasteiger partial charge is 0.479 e. The number of thiophene rings is 1. The molecule has 12 heteroatoms. The standard InChI is InChI=1S/C31H30BrN3O7S/c1-18-25(26(34-42-18)20-11-6-3-7-12-20)33-31(40)35(16-19-9-4-2-5-10-19)22-14-8-13-21(15-22)28-24(32)27(41-17-23(36)37)29(43-28)30(38)39/h3,6-8,11-15,19H,2,4-5,9-10,16-17H2,1H3,(H,33,40)(H,36,37)(H,38,39). The number of carbonyl (C=O) groups excluding carboxylic acids is 1. The van der Waals surface area contributed by atoms with Crippen LogP contribution in [-0.4, -0.2) is 46.5 Å². The molecule has 4 aromatic rings. The Morgan fingerprint density at radius 2 is 1.79 bits per heavy atom. The molecule has 1 aliphatic carbocycles. The van der Waals surface area contributed by atoms with Gasteiger partial charge in [0.1, 0.15) is 11.4 Å². The third-order valence-electron chi connectivity index (χ3n) is 7.32. The molecule has 10 nitrogen and oxygen atoms in total. The number of rotatable bonds is 10. The molecule has 2 heterocycles. The van der Waals surface area contributed by atoms with Gasteiger partial charge in [-0.2, -0.15) is 0 Å². The van der Waals surface area contributed by atoms with Crippen molar-refractivity contribution in [2.75, 3.05) is 23.4 Å². The summed E-state index contributed by atoms with van der Waals surface area (Å²) in [6, 6.07) is 16.4. The van der Waals surface area contributed by atoms with Crippen LogP contribution in [0, 0.1) is 12.8 Å². The van der Waals surface area contributed by atoms with Crippen LogP contribution in [0.3, 0.4) is 0 Å². The Morgan fingerprint density at radius 1 is 1.07 bits per heavy atom. The monoisotopic (exact) mass is 667 g/mol. The van der Waals surface area contributed by atoms with Gasteiger partial charge >= 0.3 is 18.0 Å². The topological polar surface area (TPSA) is 142 Å². The quantitative estimate of drug-likeness (QED) is 0.155. The van der Waals surface area contributed by atoms with Crippen LogP contribution in [0.15, 0.2) is 63.6 Å². The highest BCUT2D eigenvalue weighted by molar-refractivity contribution is 9.10. The van der Waals surface area contributed by atoms with E-state index in [4.69, 9.17) is 14.4 Å². The lowest BCUT2D eigenvalue weighted by Gasteiger charge is -2.30. The second kappa shape index (κ2) is 13.4. The van der Waals surface area contributed by atoms with Crippen molar-refractivity contribution in [1.29, 1.82) is 0 Å². The van der Waals surface area contributed by atoms with E-state index in [1.54, 1.807) is 24.0 Å². The number of carbonyl (C=O) groups is 3. The van der Waals surface area contributed by atoms with E-state index in [9.17, 15) is 19.5 Å². The smallest absolute Gasteiger partial charge is 0.349 e. The summed E-state index contributed by atoms with van der Waals surface area (Å²) in [5.74, 6) is -1.70. The number of benzene rings is 2. The third kappa shape index (κ3) is 6.91. The number of aromatic nitrogens is 1. The van der Waals surface area contributed by atoms with Gasteiger partial charge in [0.2, 0.25) is 0 Å². The van der Waals surface area contributed by atoms with Gasteiger partial charge in [0.25, 0.3) is 0 Å². The van der Waals surface area contributed by atoms with E-state index in [0.29, 0.717) is 50.2 Å². The van der Waals surface area contributed by atoms with Crippen molar-refractivity contribution in [2.24, 2.45) is 5.92 Å². The number of hydrogen-bond donors (Lipinski definition) is 3. The fourth-order valence-corrected chi connectivity index (χ4v) is 7.11. The molecule has 2 aromatic carbocycles. The summed E-state index contributed by atoms with van der Waals surface area (Å²) in [6.07, 6.45) is 5.45. The number of anilines is 2. The number of ether oxygens (including phenoxy) is 1. The van der Waals surface area contributed by atoms with E-state index in [-0.39, 0.29) is 16.7 Å². The lowest BCUT2D eigenvalue weighted by Crippen LogP contribution is -2.39. The Kier molecular flexibility index (Phi) is 9.46. The van der Waals surface area contributed by atoms with E-state index >= 15 is 0 Å². The molecule has 0 aliphatic heterocycles. The van der Waals surface area contributed by atoms with Gasteiger partial charge in [-0.05, 0) is 59.3 Å². The number of hydrogen-bond acceptors (Lipinski definition) is 7. The first-order valence-electron chi connectivity index (χ1n) is 13.8. The van der Waals surface area contributed by atoms with Crippen LogP contribution in [-0.2, 0) is 4.79 Å². The molecular formula is C31H30BrN3O7S.